The van der Waals surface area contributed by atoms with Crippen molar-refractivity contribution in [1.29, 1.82) is 0 Å². The number of ether oxygens (including phenoxy) is 4. The van der Waals surface area contributed by atoms with E-state index in [0.29, 0.717) is 37.3 Å². The van der Waals surface area contributed by atoms with Crippen LogP contribution in [0.3, 0.4) is 0 Å². The standard InChI is InChI=1S/C61H70N6O14/c1-38(2)54(72)78-34-18-30-62-46-22-15-13-20-44(46)60(9,10)48(62)26-24-42-50(68)64(58(76)66(52(42)70)32-36-80-56(74)40(5)6)28-17-29-65-51(69)43(53(71)67(59(65)77)33-37-81-57(75)41(7)8)25-27-49-61(11,12)45-21-14-16-23-47(45)63(49)31-19-35-79-55(73)39(3)4/h13-16,20-25,68-69H,1,3,5,7,17-19,28-37H2,2,4,6,8-12H3. The average molecular weight is 1110 g/mol. The Labute approximate surface area is 469 Å². The molecule has 0 saturated carbocycles. The lowest BCUT2D eigenvalue weighted by Crippen LogP contribution is -2.43. The van der Waals surface area contributed by atoms with Gasteiger partial charge in [-0.25, -0.2) is 28.8 Å². The number of nitrogens with zero attached hydrogens (tertiary/aromatic N) is 6. The summed E-state index contributed by atoms with van der Waals surface area (Å²) in [6, 6.07) is 15.3. The summed E-state index contributed by atoms with van der Waals surface area (Å²) in [5.41, 5.74) is 5.90. The molecule has 0 bridgehead atoms. The molecule has 4 aromatic rings. The number of aromatic hydroxyl groups is 2. The molecule has 2 N–H and O–H groups in total. The molecule has 81 heavy (non-hydrogen) atoms. The number of esters is 4. The van der Waals surface area contributed by atoms with Gasteiger partial charge in [0.25, 0.3) is 11.1 Å². The van der Waals surface area contributed by atoms with Gasteiger partial charge in [-0.3, -0.25) is 27.9 Å². The summed E-state index contributed by atoms with van der Waals surface area (Å²) in [4.78, 5) is 110. The summed E-state index contributed by atoms with van der Waals surface area (Å²) in [6.07, 6.45) is 3.16. The second kappa shape index (κ2) is 25.8. The first-order chi connectivity index (χ1) is 38.2. The Morgan fingerprint density at radius 1 is 0.481 bits per heavy atom. The molecule has 20 nitrogen and oxygen atoms in total. The Kier molecular flexibility index (Phi) is 19.4. The van der Waals surface area contributed by atoms with Crippen molar-refractivity contribution in [2.24, 2.45) is 0 Å². The van der Waals surface area contributed by atoms with Crippen LogP contribution in [0.25, 0.3) is 12.2 Å². The van der Waals surface area contributed by atoms with Crippen LogP contribution in [0.5, 0.6) is 11.8 Å². The van der Waals surface area contributed by atoms with Crippen LogP contribution in [-0.4, -0.2) is 91.9 Å². The van der Waals surface area contributed by atoms with E-state index in [2.05, 4.69) is 37.8 Å². The van der Waals surface area contributed by atoms with Gasteiger partial charge in [-0.05, 0) is 97.9 Å². The predicted molar refractivity (Wildman–Crippen MR) is 307 cm³/mol. The molecule has 0 spiro atoms. The summed E-state index contributed by atoms with van der Waals surface area (Å²) in [5.74, 6) is -4.08. The minimum absolute atomic E-state index is 0.0816. The number of carbonyl (C=O) groups is 4. The van der Waals surface area contributed by atoms with Crippen molar-refractivity contribution < 1.29 is 48.3 Å². The van der Waals surface area contributed by atoms with Crippen LogP contribution >= 0.6 is 0 Å². The van der Waals surface area contributed by atoms with Gasteiger partial charge in [0.2, 0.25) is 11.8 Å². The second-order valence-corrected chi connectivity index (χ2v) is 20.8. The van der Waals surface area contributed by atoms with E-state index in [4.69, 9.17) is 18.9 Å². The predicted octanol–water partition coefficient (Wildman–Crippen LogP) is 6.68. The quantitative estimate of drug-likeness (QED) is 0.0245. The van der Waals surface area contributed by atoms with Crippen molar-refractivity contribution in [3.05, 3.63) is 184 Å². The number of allylic oxidation sites excluding steroid dienone is 2. The fourth-order valence-corrected chi connectivity index (χ4v) is 9.49. The van der Waals surface area contributed by atoms with Gasteiger partial charge in [-0.15, -0.1) is 0 Å². The molecule has 0 atom stereocenters. The minimum atomic E-state index is -0.997. The lowest BCUT2D eigenvalue weighted by Gasteiger charge is -2.25. The fraction of sp³-hybridized carbons (Fsp3) is 0.377. The Bertz CT molecular complexity index is 3390. The maximum Gasteiger partial charge on any atom is 0.333 e. The maximum absolute atomic E-state index is 14.3. The number of benzene rings is 2. The normalized spacial score (nSPS) is 13.5. The molecule has 0 radical (unpaired) electrons. The van der Waals surface area contributed by atoms with E-state index in [0.717, 1.165) is 40.8 Å². The van der Waals surface area contributed by atoms with Gasteiger partial charge >= 0.3 is 35.3 Å². The van der Waals surface area contributed by atoms with Crippen LogP contribution < -0.4 is 32.3 Å². The van der Waals surface area contributed by atoms with Crippen LogP contribution in [0.4, 0.5) is 11.4 Å². The number of rotatable bonds is 24. The van der Waals surface area contributed by atoms with E-state index in [-0.39, 0.29) is 66.1 Å². The zero-order chi connectivity index (χ0) is 59.7. The van der Waals surface area contributed by atoms with Gasteiger partial charge in [0, 0.05) is 82.8 Å². The molecule has 20 heteroatoms. The number of fused-ring (bicyclic) bond motifs is 2. The summed E-state index contributed by atoms with van der Waals surface area (Å²) in [7, 11) is 0. The molecule has 2 aromatic heterocycles. The summed E-state index contributed by atoms with van der Waals surface area (Å²) in [6.45, 7) is 26.7. The lowest BCUT2D eigenvalue weighted by atomic mass is 9.84. The van der Waals surface area contributed by atoms with Gasteiger partial charge in [-0.1, -0.05) is 74.2 Å². The molecule has 6 rings (SSSR count). The van der Waals surface area contributed by atoms with Crippen molar-refractivity contribution in [2.45, 2.75) is 112 Å². The molecule has 0 unspecified atom stereocenters. The van der Waals surface area contributed by atoms with Crippen LogP contribution in [0.1, 0.15) is 96.9 Å². The third kappa shape index (κ3) is 13.3. The Hall–Kier alpha value is -9.12. The van der Waals surface area contributed by atoms with Gasteiger partial charge < -0.3 is 39.0 Å². The first-order valence-electron chi connectivity index (χ1n) is 26.4. The number of hydrogen-bond donors (Lipinski definition) is 2. The van der Waals surface area contributed by atoms with Crippen molar-refractivity contribution >= 4 is 47.4 Å². The van der Waals surface area contributed by atoms with Crippen molar-refractivity contribution in [3.63, 3.8) is 0 Å². The number of carbonyl (C=O) groups excluding carboxylic acids is 4. The summed E-state index contributed by atoms with van der Waals surface area (Å²) in [5, 5.41) is 23.9. The molecule has 0 aliphatic carbocycles. The largest absolute Gasteiger partial charge is 0.494 e. The maximum atomic E-state index is 14.3. The van der Waals surface area contributed by atoms with Crippen molar-refractivity contribution in [3.8, 4) is 11.8 Å². The van der Waals surface area contributed by atoms with Gasteiger partial charge in [-0.2, -0.15) is 0 Å². The Morgan fingerprint density at radius 2 is 0.802 bits per heavy atom. The number of para-hydroxylation sites is 2. The molecule has 0 saturated heterocycles. The van der Waals surface area contributed by atoms with E-state index in [1.807, 2.05) is 86.0 Å². The molecular formula is C61H70N6O14. The van der Waals surface area contributed by atoms with E-state index >= 15 is 0 Å². The van der Waals surface area contributed by atoms with Crippen LogP contribution in [0, 0.1) is 0 Å². The highest BCUT2D eigenvalue weighted by Gasteiger charge is 2.41. The highest BCUT2D eigenvalue weighted by Crippen LogP contribution is 2.48. The highest BCUT2D eigenvalue weighted by molar-refractivity contribution is 5.88. The molecule has 0 amide bonds. The minimum Gasteiger partial charge on any atom is -0.494 e. The molecule has 2 aliphatic heterocycles. The van der Waals surface area contributed by atoms with Crippen LogP contribution in [0.2, 0.25) is 0 Å². The lowest BCUT2D eigenvalue weighted by molar-refractivity contribution is -0.140. The SMILES string of the molecule is C=C(C)C(=O)OCCCN1C(=C=Cc2c(O)n(CCCn3c(O)c(C=C=C4N(CCCOC(=O)C(=C)C)c5ccccc5C4(C)C)c(=O)n(CCOC(=O)C(=C)C)c3=O)c(=O)n(CCOC(=O)C(=C)C)c2=O)C(C)(C)c2ccccc21. The van der Waals surface area contributed by atoms with Crippen LogP contribution in [-0.2, 0) is 75.1 Å². The van der Waals surface area contributed by atoms with E-state index < -0.39 is 95.3 Å². The van der Waals surface area contributed by atoms with E-state index in [1.54, 1.807) is 13.8 Å². The summed E-state index contributed by atoms with van der Waals surface area (Å²) < 4.78 is 24.6. The molecule has 4 heterocycles. The zero-order valence-electron chi connectivity index (χ0n) is 47.3. The molecule has 2 aromatic carbocycles. The second-order valence-electron chi connectivity index (χ2n) is 20.8. The van der Waals surface area contributed by atoms with Gasteiger partial charge in [0.05, 0.1) is 37.7 Å². The fourth-order valence-electron chi connectivity index (χ4n) is 9.49. The Morgan fingerprint density at radius 3 is 1.14 bits per heavy atom. The highest BCUT2D eigenvalue weighted by atomic mass is 16.5. The topological polar surface area (TPSA) is 240 Å². The third-order valence-corrected chi connectivity index (χ3v) is 13.8. The first-order valence-corrected chi connectivity index (χ1v) is 26.4. The first kappa shape index (κ1) is 61.1. The number of anilines is 2. The third-order valence-electron chi connectivity index (χ3n) is 13.8. The summed E-state index contributed by atoms with van der Waals surface area (Å²) >= 11 is 0. The monoisotopic (exact) mass is 1110 g/mol. The molecular weight excluding hydrogens is 1040 g/mol. The molecule has 0 fully saturated rings. The van der Waals surface area contributed by atoms with E-state index in [9.17, 15) is 48.6 Å². The van der Waals surface area contributed by atoms with Crippen LogP contribution in [0.15, 0.2) is 139 Å². The smallest absolute Gasteiger partial charge is 0.333 e. The number of hydrogen-bond acceptors (Lipinski definition) is 16. The van der Waals surface area contributed by atoms with Crippen molar-refractivity contribution in [1.82, 2.24) is 18.3 Å². The van der Waals surface area contributed by atoms with Gasteiger partial charge in [0.1, 0.15) is 24.3 Å². The van der Waals surface area contributed by atoms with E-state index in [1.165, 1.54) is 26.0 Å². The molecule has 2 aliphatic rings. The zero-order valence-corrected chi connectivity index (χ0v) is 47.3. The van der Waals surface area contributed by atoms with Crippen molar-refractivity contribution in [2.75, 3.05) is 49.3 Å². The number of aromatic nitrogens is 4. The Balaban J connectivity index is 1.43. The van der Waals surface area contributed by atoms with Gasteiger partial charge in [0.15, 0.2) is 0 Å². The average Bonchev–Trinajstić information content (AvgIpc) is 3.98. The molecule has 428 valence electrons.